The first-order valence-electron chi connectivity index (χ1n) is 5.67. The molecule has 0 atom stereocenters. The van der Waals surface area contributed by atoms with Crippen LogP contribution in [0.4, 0.5) is 0 Å². The summed E-state index contributed by atoms with van der Waals surface area (Å²) in [6, 6.07) is 1.86. The van der Waals surface area contributed by atoms with Gasteiger partial charge in [-0.05, 0) is 25.0 Å². The van der Waals surface area contributed by atoms with Gasteiger partial charge in [0, 0.05) is 13.0 Å². The highest BCUT2D eigenvalue weighted by Crippen LogP contribution is 2.20. The summed E-state index contributed by atoms with van der Waals surface area (Å²) in [6.07, 6.45) is 1.40. The topological polar surface area (TPSA) is 49.3 Å². The molecule has 0 spiro atoms. The van der Waals surface area contributed by atoms with Gasteiger partial charge in [0.1, 0.15) is 0 Å². The molecule has 2 N–H and O–H groups in total. The van der Waals surface area contributed by atoms with Gasteiger partial charge in [-0.2, -0.15) is 0 Å². The van der Waals surface area contributed by atoms with E-state index >= 15 is 0 Å². The molecule has 1 amide bonds. The zero-order valence-corrected chi connectivity index (χ0v) is 11.0. The Balaban J connectivity index is 2.75. The maximum atomic E-state index is 11.7. The summed E-state index contributed by atoms with van der Waals surface area (Å²) in [5.41, 5.74) is 1.02. The summed E-state index contributed by atoms with van der Waals surface area (Å²) >= 11 is 1.40. The Hall–Kier alpha value is -1.31. The SMILES string of the molecule is CCCNC(=O)c1cc(C)c(C#CCCO)s1. The van der Waals surface area contributed by atoms with Gasteiger partial charge in [-0.25, -0.2) is 0 Å². The molecule has 1 rings (SSSR count). The lowest BCUT2D eigenvalue weighted by molar-refractivity contribution is 0.0957. The van der Waals surface area contributed by atoms with Crippen LogP contribution in [0.2, 0.25) is 0 Å². The van der Waals surface area contributed by atoms with Crippen molar-refractivity contribution in [2.45, 2.75) is 26.7 Å². The van der Waals surface area contributed by atoms with E-state index in [1.165, 1.54) is 11.3 Å². The quantitative estimate of drug-likeness (QED) is 0.803. The smallest absolute Gasteiger partial charge is 0.261 e. The molecule has 17 heavy (non-hydrogen) atoms. The number of rotatable bonds is 4. The van der Waals surface area contributed by atoms with Gasteiger partial charge in [-0.15, -0.1) is 11.3 Å². The Morgan fingerprint density at radius 1 is 1.59 bits per heavy atom. The summed E-state index contributed by atoms with van der Waals surface area (Å²) in [7, 11) is 0. The Morgan fingerprint density at radius 3 is 3.00 bits per heavy atom. The first kappa shape index (κ1) is 13.8. The second-order valence-corrected chi connectivity index (χ2v) is 4.71. The van der Waals surface area contributed by atoms with E-state index in [-0.39, 0.29) is 12.5 Å². The summed E-state index contributed by atoms with van der Waals surface area (Å²) in [5.74, 6) is 5.81. The van der Waals surface area contributed by atoms with Crippen LogP contribution in [0.15, 0.2) is 6.07 Å². The summed E-state index contributed by atoms with van der Waals surface area (Å²) in [6.45, 7) is 4.73. The van der Waals surface area contributed by atoms with E-state index in [1.807, 2.05) is 19.9 Å². The van der Waals surface area contributed by atoms with Gasteiger partial charge < -0.3 is 10.4 Å². The largest absolute Gasteiger partial charge is 0.395 e. The zero-order chi connectivity index (χ0) is 12.7. The van der Waals surface area contributed by atoms with Crippen molar-refractivity contribution in [1.82, 2.24) is 5.32 Å². The number of nitrogens with one attached hydrogen (secondary N) is 1. The lowest BCUT2D eigenvalue weighted by atomic mass is 10.2. The highest BCUT2D eigenvalue weighted by molar-refractivity contribution is 7.14. The fraction of sp³-hybridized carbons (Fsp3) is 0.462. The molecular formula is C13H17NO2S. The second-order valence-electron chi connectivity index (χ2n) is 3.65. The highest BCUT2D eigenvalue weighted by atomic mass is 32.1. The second kappa shape index (κ2) is 7.10. The average molecular weight is 251 g/mol. The number of amides is 1. The van der Waals surface area contributed by atoms with Crippen molar-refractivity contribution in [1.29, 1.82) is 0 Å². The normalized spacial score (nSPS) is 9.59. The number of aryl methyl sites for hydroxylation is 1. The summed E-state index contributed by atoms with van der Waals surface area (Å²) in [4.78, 5) is 13.3. The standard InChI is InChI=1S/C13H17NO2S/c1-3-7-14-13(16)12-9-10(2)11(17-12)6-4-5-8-15/h9,15H,3,5,7-8H2,1-2H3,(H,14,16). The maximum absolute atomic E-state index is 11.7. The molecule has 0 saturated heterocycles. The molecule has 1 aromatic rings. The maximum Gasteiger partial charge on any atom is 0.261 e. The van der Waals surface area contributed by atoms with E-state index in [2.05, 4.69) is 17.2 Å². The van der Waals surface area contributed by atoms with Gasteiger partial charge in [0.25, 0.3) is 5.91 Å². The van der Waals surface area contributed by atoms with Crippen molar-refractivity contribution in [2.24, 2.45) is 0 Å². The molecule has 0 aliphatic carbocycles. The van der Waals surface area contributed by atoms with E-state index in [0.717, 1.165) is 16.9 Å². The number of aliphatic hydroxyl groups excluding tert-OH is 1. The van der Waals surface area contributed by atoms with Crippen LogP contribution in [0.25, 0.3) is 0 Å². The molecule has 0 aromatic carbocycles. The van der Waals surface area contributed by atoms with Crippen LogP contribution in [0, 0.1) is 18.8 Å². The summed E-state index contributed by atoms with van der Waals surface area (Å²) in [5, 5.41) is 11.5. The van der Waals surface area contributed by atoms with Crippen LogP contribution in [0.1, 0.15) is 39.9 Å². The Labute approximate surface area is 106 Å². The van der Waals surface area contributed by atoms with Gasteiger partial charge in [-0.3, -0.25) is 4.79 Å². The Bertz CT molecular complexity index is 440. The van der Waals surface area contributed by atoms with Crippen LogP contribution in [0.5, 0.6) is 0 Å². The molecule has 0 aliphatic heterocycles. The minimum atomic E-state index is -0.0323. The van der Waals surface area contributed by atoms with E-state index in [9.17, 15) is 4.79 Å². The van der Waals surface area contributed by atoms with Gasteiger partial charge in [-0.1, -0.05) is 18.8 Å². The molecule has 0 fully saturated rings. The zero-order valence-electron chi connectivity index (χ0n) is 10.2. The van der Waals surface area contributed by atoms with Crippen LogP contribution < -0.4 is 5.32 Å². The number of hydrogen-bond acceptors (Lipinski definition) is 3. The van der Waals surface area contributed by atoms with Crippen LogP contribution in [0.3, 0.4) is 0 Å². The molecule has 1 aromatic heterocycles. The molecule has 0 saturated carbocycles. The van der Waals surface area contributed by atoms with Crippen molar-refractivity contribution in [3.05, 3.63) is 21.4 Å². The molecule has 0 unspecified atom stereocenters. The molecule has 1 heterocycles. The minimum Gasteiger partial charge on any atom is -0.395 e. The van der Waals surface area contributed by atoms with E-state index in [0.29, 0.717) is 17.8 Å². The van der Waals surface area contributed by atoms with Crippen molar-refractivity contribution in [3.8, 4) is 11.8 Å². The van der Waals surface area contributed by atoms with E-state index < -0.39 is 0 Å². The molecule has 92 valence electrons. The van der Waals surface area contributed by atoms with Gasteiger partial charge in [0.2, 0.25) is 0 Å². The lowest BCUT2D eigenvalue weighted by Gasteiger charge is -1.98. The first-order valence-corrected chi connectivity index (χ1v) is 6.49. The van der Waals surface area contributed by atoms with E-state index in [1.54, 1.807) is 0 Å². The predicted molar refractivity (Wildman–Crippen MR) is 70.3 cm³/mol. The van der Waals surface area contributed by atoms with Crippen molar-refractivity contribution < 1.29 is 9.90 Å². The van der Waals surface area contributed by atoms with E-state index in [4.69, 9.17) is 5.11 Å². The van der Waals surface area contributed by atoms with Gasteiger partial charge >= 0.3 is 0 Å². The minimum absolute atomic E-state index is 0.0323. The number of aliphatic hydroxyl groups is 1. The highest BCUT2D eigenvalue weighted by Gasteiger charge is 2.10. The number of thiophene rings is 1. The average Bonchev–Trinajstić information content (AvgIpc) is 2.68. The van der Waals surface area contributed by atoms with Crippen molar-refractivity contribution in [2.75, 3.05) is 13.2 Å². The summed E-state index contributed by atoms with van der Waals surface area (Å²) < 4.78 is 0. The van der Waals surface area contributed by atoms with Gasteiger partial charge in [0.15, 0.2) is 0 Å². The third kappa shape index (κ3) is 4.22. The van der Waals surface area contributed by atoms with Crippen LogP contribution in [-0.4, -0.2) is 24.2 Å². The third-order valence-electron chi connectivity index (χ3n) is 2.12. The number of carbonyl (C=O) groups excluding carboxylic acids is 1. The van der Waals surface area contributed by atoms with Gasteiger partial charge in [0.05, 0.1) is 16.4 Å². The van der Waals surface area contributed by atoms with Crippen LogP contribution >= 0.6 is 11.3 Å². The molecule has 0 aliphatic rings. The Morgan fingerprint density at radius 2 is 2.35 bits per heavy atom. The third-order valence-corrected chi connectivity index (χ3v) is 3.27. The first-order chi connectivity index (χ1) is 8.19. The van der Waals surface area contributed by atoms with Crippen LogP contribution in [-0.2, 0) is 0 Å². The number of carbonyl (C=O) groups is 1. The Kier molecular flexibility index (Phi) is 5.75. The fourth-order valence-corrected chi connectivity index (χ4v) is 2.21. The molecule has 0 bridgehead atoms. The molecule has 4 heteroatoms. The molecule has 3 nitrogen and oxygen atoms in total. The van der Waals surface area contributed by atoms with Crippen molar-refractivity contribution >= 4 is 17.2 Å². The lowest BCUT2D eigenvalue weighted by Crippen LogP contribution is -2.22. The predicted octanol–water partition coefficient (Wildman–Crippen LogP) is 1.93. The molecular weight excluding hydrogens is 234 g/mol. The monoisotopic (exact) mass is 251 g/mol. The molecule has 0 radical (unpaired) electrons. The fourth-order valence-electron chi connectivity index (χ4n) is 1.24. The van der Waals surface area contributed by atoms with Crippen molar-refractivity contribution in [3.63, 3.8) is 0 Å². The number of hydrogen-bond donors (Lipinski definition) is 2.